The van der Waals surface area contributed by atoms with Gasteiger partial charge in [-0.25, -0.2) is 4.79 Å². The van der Waals surface area contributed by atoms with Crippen LogP contribution in [0.3, 0.4) is 0 Å². The zero-order valence-corrected chi connectivity index (χ0v) is 15.2. The second kappa shape index (κ2) is 8.64. The van der Waals surface area contributed by atoms with E-state index in [4.69, 9.17) is 21.1 Å². The zero-order valence-electron chi connectivity index (χ0n) is 13.6. The number of esters is 1. The van der Waals surface area contributed by atoms with Gasteiger partial charge in [-0.05, 0) is 43.5 Å². The van der Waals surface area contributed by atoms with Crippen molar-refractivity contribution in [1.82, 2.24) is 0 Å². The molecule has 0 radical (unpaired) electrons. The topological polar surface area (TPSA) is 81.7 Å². The molecule has 1 aromatic carbocycles. The van der Waals surface area contributed by atoms with E-state index in [1.807, 2.05) is 0 Å². The number of nitrogens with one attached hydrogen (secondary N) is 1. The molecule has 1 heterocycles. The highest BCUT2D eigenvalue weighted by molar-refractivity contribution is 7.14. The first-order valence-electron chi connectivity index (χ1n) is 7.40. The molecule has 8 heteroatoms. The number of benzene rings is 1. The molecule has 0 saturated carbocycles. The van der Waals surface area contributed by atoms with Crippen LogP contribution in [0.25, 0.3) is 0 Å². The average molecular weight is 382 g/mol. The van der Waals surface area contributed by atoms with E-state index in [-0.39, 0.29) is 30.3 Å². The Kier molecular flexibility index (Phi) is 6.55. The molecule has 0 saturated heterocycles. The summed E-state index contributed by atoms with van der Waals surface area (Å²) >= 11 is 7.07. The lowest BCUT2D eigenvalue weighted by molar-refractivity contribution is -0.118. The van der Waals surface area contributed by atoms with E-state index in [0.717, 1.165) is 0 Å². The van der Waals surface area contributed by atoms with Crippen LogP contribution in [0.1, 0.15) is 34.6 Å². The number of anilines is 1. The third-order valence-corrected chi connectivity index (χ3v) is 4.16. The van der Waals surface area contributed by atoms with Crippen molar-refractivity contribution < 1.29 is 23.9 Å². The Morgan fingerprint density at radius 2 is 1.96 bits per heavy atom. The number of carbonyl (C=O) groups excluding carboxylic acids is 3. The molecular formula is C17H16ClNO5S. The number of carbonyl (C=O) groups is 3. The van der Waals surface area contributed by atoms with Gasteiger partial charge < -0.3 is 14.8 Å². The second-order valence-corrected chi connectivity index (χ2v) is 6.27. The van der Waals surface area contributed by atoms with E-state index >= 15 is 0 Å². The maximum absolute atomic E-state index is 12.1. The van der Waals surface area contributed by atoms with E-state index in [1.165, 1.54) is 30.4 Å². The maximum atomic E-state index is 12.1. The molecule has 0 spiro atoms. The standard InChI is InChI=1S/C17H16ClNO5S/c1-3-23-17(22)12-6-7-25-16(12)19-15(21)9-24-14-5-4-11(18)8-13(14)10(2)20/h4-8H,3,9H2,1-2H3,(H,19,21). The number of rotatable bonds is 7. The fraction of sp³-hybridized carbons (Fsp3) is 0.235. The Morgan fingerprint density at radius 3 is 2.64 bits per heavy atom. The number of ether oxygens (including phenoxy) is 2. The average Bonchev–Trinajstić information content (AvgIpc) is 3.02. The number of Topliss-reactive ketones (excluding diaryl/α,β-unsaturated/α-hetero) is 1. The van der Waals surface area contributed by atoms with Crippen molar-refractivity contribution in [3.63, 3.8) is 0 Å². The van der Waals surface area contributed by atoms with Gasteiger partial charge in [-0.1, -0.05) is 11.6 Å². The van der Waals surface area contributed by atoms with Gasteiger partial charge in [0, 0.05) is 5.02 Å². The number of hydrogen-bond acceptors (Lipinski definition) is 6. The first-order chi connectivity index (χ1) is 11.9. The Bertz CT molecular complexity index is 802. The molecule has 132 valence electrons. The van der Waals surface area contributed by atoms with Crippen LogP contribution in [0.2, 0.25) is 5.02 Å². The maximum Gasteiger partial charge on any atom is 0.341 e. The molecule has 0 aliphatic carbocycles. The Labute approximate surface area is 153 Å². The van der Waals surface area contributed by atoms with Crippen molar-refractivity contribution >= 4 is 45.6 Å². The summed E-state index contributed by atoms with van der Waals surface area (Å²) in [5.74, 6) is -0.918. The minimum atomic E-state index is -0.503. The molecule has 0 fully saturated rings. The molecule has 0 bridgehead atoms. The van der Waals surface area contributed by atoms with Gasteiger partial charge in [0.15, 0.2) is 12.4 Å². The Hall–Kier alpha value is -2.38. The van der Waals surface area contributed by atoms with Gasteiger partial charge in [0.25, 0.3) is 5.91 Å². The third kappa shape index (κ3) is 5.04. The predicted octanol–water partition coefficient (Wildman–Crippen LogP) is 3.80. The second-order valence-electron chi connectivity index (χ2n) is 4.92. The van der Waals surface area contributed by atoms with Crippen LogP contribution in [-0.2, 0) is 9.53 Å². The molecular weight excluding hydrogens is 366 g/mol. The lowest BCUT2D eigenvalue weighted by Gasteiger charge is -2.10. The fourth-order valence-electron chi connectivity index (χ4n) is 1.98. The van der Waals surface area contributed by atoms with Crippen molar-refractivity contribution in [3.05, 3.63) is 45.8 Å². The van der Waals surface area contributed by atoms with Crippen LogP contribution in [0.15, 0.2) is 29.6 Å². The quantitative estimate of drug-likeness (QED) is 0.582. The van der Waals surface area contributed by atoms with Gasteiger partial charge in [-0.15, -0.1) is 11.3 Å². The molecule has 1 N–H and O–H groups in total. The van der Waals surface area contributed by atoms with E-state index in [1.54, 1.807) is 24.4 Å². The number of halogens is 1. The van der Waals surface area contributed by atoms with Gasteiger partial charge in [-0.2, -0.15) is 0 Å². The lowest BCUT2D eigenvalue weighted by atomic mass is 10.1. The predicted molar refractivity (Wildman–Crippen MR) is 95.9 cm³/mol. The lowest BCUT2D eigenvalue weighted by Crippen LogP contribution is -2.21. The van der Waals surface area contributed by atoms with Crippen molar-refractivity contribution in [1.29, 1.82) is 0 Å². The van der Waals surface area contributed by atoms with E-state index < -0.39 is 11.9 Å². The molecule has 25 heavy (non-hydrogen) atoms. The van der Waals surface area contributed by atoms with Gasteiger partial charge in [0.1, 0.15) is 10.8 Å². The van der Waals surface area contributed by atoms with Crippen molar-refractivity contribution in [2.45, 2.75) is 13.8 Å². The largest absolute Gasteiger partial charge is 0.483 e. The molecule has 2 rings (SSSR count). The SMILES string of the molecule is CCOC(=O)c1ccsc1NC(=O)COc1ccc(Cl)cc1C(C)=O. The van der Waals surface area contributed by atoms with Crippen LogP contribution in [0.4, 0.5) is 5.00 Å². The van der Waals surface area contributed by atoms with E-state index in [2.05, 4.69) is 5.32 Å². The minimum Gasteiger partial charge on any atom is -0.483 e. The molecule has 2 aromatic rings. The van der Waals surface area contributed by atoms with Gasteiger partial charge in [0.2, 0.25) is 0 Å². The third-order valence-electron chi connectivity index (χ3n) is 3.09. The van der Waals surface area contributed by atoms with Gasteiger partial charge >= 0.3 is 5.97 Å². The highest BCUT2D eigenvalue weighted by Gasteiger charge is 2.17. The molecule has 0 aliphatic heterocycles. The van der Waals surface area contributed by atoms with Crippen LogP contribution in [0.5, 0.6) is 5.75 Å². The smallest absolute Gasteiger partial charge is 0.341 e. The molecule has 1 aromatic heterocycles. The highest BCUT2D eigenvalue weighted by Crippen LogP contribution is 2.25. The monoisotopic (exact) mass is 381 g/mol. The first kappa shape index (κ1) is 19.0. The summed E-state index contributed by atoms with van der Waals surface area (Å²) in [7, 11) is 0. The van der Waals surface area contributed by atoms with Gasteiger partial charge in [0.05, 0.1) is 17.7 Å². The molecule has 0 atom stereocenters. The normalized spacial score (nSPS) is 10.2. The first-order valence-corrected chi connectivity index (χ1v) is 8.66. The van der Waals surface area contributed by atoms with Crippen LogP contribution >= 0.6 is 22.9 Å². The summed E-state index contributed by atoms with van der Waals surface area (Å²) in [6, 6.07) is 6.16. The number of hydrogen-bond donors (Lipinski definition) is 1. The van der Waals surface area contributed by atoms with E-state index in [9.17, 15) is 14.4 Å². The Balaban J connectivity index is 2.02. The van der Waals surface area contributed by atoms with Crippen LogP contribution in [-0.4, -0.2) is 30.9 Å². The minimum absolute atomic E-state index is 0.222. The molecule has 6 nitrogen and oxygen atoms in total. The highest BCUT2D eigenvalue weighted by atomic mass is 35.5. The summed E-state index contributed by atoms with van der Waals surface area (Å²) in [5, 5.41) is 5.07. The van der Waals surface area contributed by atoms with Crippen molar-refractivity contribution in [3.8, 4) is 5.75 Å². The molecule has 0 unspecified atom stereocenters. The number of ketones is 1. The Morgan fingerprint density at radius 1 is 1.20 bits per heavy atom. The fourth-order valence-corrected chi connectivity index (χ4v) is 2.95. The van der Waals surface area contributed by atoms with Crippen LogP contribution < -0.4 is 10.1 Å². The molecule has 0 aliphatic rings. The summed E-state index contributed by atoms with van der Waals surface area (Å²) < 4.78 is 10.3. The summed E-state index contributed by atoms with van der Waals surface area (Å²) in [5.41, 5.74) is 0.583. The van der Waals surface area contributed by atoms with Crippen LogP contribution in [0, 0.1) is 0 Å². The van der Waals surface area contributed by atoms with E-state index in [0.29, 0.717) is 15.6 Å². The molecule has 1 amide bonds. The zero-order chi connectivity index (χ0) is 18.4. The number of amides is 1. The van der Waals surface area contributed by atoms with Crippen molar-refractivity contribution in [2.75, 3.05) is 18.5 Å². The van der Waals surface area contributed by atoms with Crippen molar-refractivity contribution in [2.24, 2.45) is 0 Å². The summed E-state index contributed by atoms with van der Waals surface area (Å²) in [6.07, 6.45) is 0. The van der Waals surface area contributed by atoms with Gasteiger partial charge in [-0.3, -0.25) is 9.59 Å². The number of thiophene rings is 1. The summed E-state index contributed by atoms with van der Waals surface area (Å²) in [6.45, 7) is 3.02. The summed E-state index contributed by atoms with van der Waals surface area (Å²) in [4.78, 5) is 35.5.